The van der Waals surface area contributed by atoms with Gasteiger partial charge in [-0.3, -0.25) is 0 Å². The van der Waals surface area contributed by atoms with Crippen molar-refractivity contribution in [3.05, 3.63) is 29.3 Å². The predicted octanol–water partition coefficient (Wildman–Crippen LogP) is 2.67. The lowest BCUT2D eigenvalue weighted by atomic mass is 9.94. The quantitative estimate of drug-likeness (QED) is 0.864. The van der Waals surface area contributed by atoms with Crippen LogP contribution in [0, 0.1) is 6.92 Å². The van der Waals surface area contributed by atoms with E-state index in [0.29, 0.717) is 12.2 Å². The average Bonchev–Trinajstić information content (AvgIpc) is 2.28. The van der Waals surface area contributed by atoms with Gasteiger partial charge in [-0.25, -0.2) is 4.79 Å². The number of carbonyl (C=O) groups is 1. The van der Waals surface area contributed by atoms with Gasteiger partial charge in [0.05, 0.1) is 17.7 Å². The third-order valence-electron chi connectivity index (χ3n) is 3.34. The van der Waals surface area contributed by atoms with Gasteiger partial charge in [-0.1, -0.05) is 0 Å². The molecule has 98 valence electrons. The molecule has 1 unspecified atom stereocenters. The Labute approximate surface area is 107 Å². The van der Waals surface area contributed by atoms with Crippen molar-refractivity contribution < 1.29 is 14.6 Å². The molecule has 1 fully saturated rings. The van der Waals surface area contributed by atoms with Crippen molar-refractivity contribution in [2.75, 3.05) is 18.5 Å². The summed E-state index contributed by atoms with van der Waals surface area (Å²) < 4.78 is 5.49. The van der Waals surface area contributed by atoms with E-state index in [0.717, 1.165) is 30.7 Å². The van der Waals surface area contributed by atoms with E-state index in [1.165, 1.54) is 0 Å². The standard InChI is InChI=1S/C14H19NO3/c1-10-8-11(4-5-12(10)13(16)17)15-14(2)6-3-7-18-9-14/h4-5,8,15H,3,6-7,9H2,1-2H3,(H,16,17). The lowest BCUT2D eigenvalue weighted by molar-refractivity contribution is 0.0540. The Morgan fingerprint density at radius 1 is 1.50 bits per heavy atom. The number of benzene rings is 1. The second kappa shape index (κ2) is 4.98. The number of hydrogen-bond donors (Lipinski definition) is 2. The van der Waals surface area contributed by atoms with Crippen molar-refractivity contribution in [2.45, 2.75) is 32.2 Å². The highest BCUT2D eigenvalue weighted by Gasteiger charge is 2.27. The highest BCUT2D eigenvalue weighted by Crippen LogP contribution is 2.25. The topological polar surface area (TPSA) is 58.6 Å². The fraction of sp³-hybridized carbons (Fsp3) is 0.500. The normalized spacial score (nSPS) is 23.7. The van der Waals surface area contributed by atoms with Crippen molar-refractivity contribution in [3.8, 4) is 0 Å². The molecular weight excluding hydrogens is 230 g/mol. The van der Waals surface area contributed by atoms with E-state index in [1.54, 1.807) is 6.07 Å². The molecule has 1 aromatic rings. The third-order valence-corrected chi connectivity index (χ3v) is 3.34. The molecule has 4 heteroatoms. The summed E-state index contributed by atoms with van der Waals surface area (Å²) in [5.74, 6) is -0.883. The largest absolute Gasteiger partial charge is 0.478 e. The Morgan fingerprint density at radius 2 is 2.28 bits per heavy atom. The zero-order chi connectivity index (χ0) is 13.2. The minimum atomic E-state index is -0.883. The molecule has 1 aliphatic rings. The summed E-state index contributed by atoms with van der Waals surface area (Å²) in [7, 11) is 0. The monoisotopic (exact) mass is 249 g/mol. The zero-order valence-corrected chi connectivity index (χ0v) is 10.8. The van der Waals surface area contributed by atoms with Gasteiger partial charge >= 0.3 is 5.97 Å². The van der Waals surface area contributed by atoms with Gasteiger partial charge in [0.25, 0.3) is 0 Å². The number of aryl methyl sites for hydroxylation is 1. The van der Waals surface area contributed by atoms with Crippen LogP contribution in [0.2, 0.25) is 0 Å². The second-order valence-corrected chi connectivity index (χ2v) is 5.18. The first-order valence-electron chi connectivity index (χ1n) is 6.20. The minimum absolute atomic E-state index is 0.0601. The summed E-state index contributed by atoms with van der Waals surface area (Å²) >= 11 is 0. The SMILES string of the molecule is Cc1cc(NC2(C)CCCOC2)ccc1C(=O)O. The van der Waals surface area contributed by atoms with E-state index in [2.05, 4.69) is 12.2 Å². The van der Waals surface area contributed by atoms with Gasteiger partial charge in [0.15, 0.2) is 0 Å². The summed E-state index contributed by atoms with van der Waals surface area (Å²) in [4.78, 5) is 10.9. The molecule has 4 nitrogen and oxygen atoms in total. The molecule has 1 aliphatic heterocycles. The van der Waals surface area contributed by atoms with E-state index in [1.807, 2.05) is 19.1 Å². The lowest BCUT2D eigenvalue weighted by Gasteiger charge is -2.35. The van der Waals surface area contributed by atoms with Gasteiger partial charge in [0.2, 0.25) is 0 Å². The Balaban J connectivity index is 2.14. The highest BCUT2D eigenvalue weighted by atomic mass is 16.5. The number of hydrogen-bond acceptors (Lipinski definition) is 3. The van der Waals surface area contributed by atoms with Gasteiger partial charge in [-0.05, 0) is 50.5 Å². The van der Waals surface area contributed by atoms with Gasteiger partial charge in [0, 0.05) is 12.3 Å². The first kappa shape index (κ1) is 12.9. The van der Waals surface area contributed by atoms with Crippen LogP contribution in [-0.4, -0.2) is 29.8 Å². The number of carboxylic acid groups (broad SMARTS) is 1. The molecular formula is C14H19NO3. The fourth-order valence-corrected chi connectivity index (χ4v) is 2.36. The Bertz CT molecular complexity index is 450. The average molecular weight is 249 g/mol. The minimum Gasteiger partial charge on any atom is -0.478 e. The summed E-state index contributed by atoms with van der Waals surface area (Å²) in [5, 5.41) is 12.4. The summed E-state index contributed by atoms with van der Waals surface area (Å²) in [6.07, 6.45) is 2.11. The Kier molecular flexibility index (Phi) is 3.57. The molecule has 0 amide bonds. The van der Waals surface area contributed by atoms with E-state index >= 15 is 0 Å². The molecule has 1 saturated heterocycles. The molecule has 2 N–H and O–H groups in total. The Morgan fingerprint density at radius 3 is 2.83 bits per heavy atom. The van der Waals surface area contributed by atoms with Crippen molar-refractivity contribution in [2.24, 2.45) is 0 Å². The first-order chi connectivity index (χ1) is 8.50. The van der Waals surface area contributed by atoms with E-state index in [-0.39, 0.29) is 5.54 Å². The summed E-state index contributed by atoms with van der Waals surface area (Å²) in [5.41, 5.74) is 2.01. The zero-order valence-electron chi connectivity index (χ0n) is 10.8. The van der Waals surface area contributed by atoms with Crippen LogP contribution >= 0.6 is 0 Å². The molecule has 0 aliphatic carbocycles. The third kappa shape index (κ3) is 2.82. The fourth-order valence-electron chi connectivity index (χ4n) is 2.36. The number of nitrogens with one attached hydrogen (secondary N) is 1. The van der Waals surface area contributed by atoms with Gasteiger partial charge in [-0.15, -0.1) is 0 Å². The van der Waals surface area contributed by atoms with E-state index < -0.39 is 5.97 Å². The predicted molar refractivity (Wildman–Crippen MR) is 70.2 cm³/mol. The molecule has 0 saturated carbocycles. The first-order valence-corrected chi connectivity index (χ1v) is 6.20. The summed E-state index contributed by atoms with van der Waals surface area (Å²) in [6.45, 7) is 5.46. The van der Waals surface area contributed by atoms with E-state index in [4.69, 9.17) is 9.84 Å². The van der Waals surface area contributed by atoms with E-state index in [9.17, 15) is 4.79 Å². The van der Waals surface area contributed by atoms with Gasteiger partial charge in [-0.2, -0.15) is 0 Å². The van der Waals surface area contributed by atoms with Crippen LogP contribution in [0.3, 0.4) is 0 Å². The molecule has 0 spiro atoms. The molecule has 2 rings (SSSR count). The smallest absolute Gasteiger partial charge is 0.335 e. The Hall–Kier alpha value is -1.55. The van der Waals surface area contributed by atoms with Crippen molar-refractivity contribution in [1.82, 2.24) is 0 Å². The maximum absolute atomic E-state index is 10.9. The van der Waals surface area contributed by atoms with Crippen LogP contribution < -0.4 is 5.32 Å². The molecule has 1 aromatic carbocycles. The maximum atomic E-state index is 10.9. The number of rotatable bonds is 3. The van der Waals surface area contributed by atoms with Crippen molar-refractivity contribution in [3.63, 3.8) is 0 Å². The van der Waals surface area contributed by atoms with Crippen LogP contribution in [0.1, 0.15) is 35.7 Å². The van der Waals surface area contributed by atoms with Gasteiger partial charge < -0.3 is 15.2 Å². The number of carboxylic acids is 1. The molecule has 18 heavy (non-hydrogen) atoms. The maximum Gasteiger partial charge on any atom is 0.335 e. The van der Waals surface area contributed by atoms with Gasteiger partial charge in [0.1, 0.15) is 0 Å². The molecule has 0 bridgehead atoms. The highest BCUT2D eigenvalue weighted by molar-refractivity contribution is 5.89. The molecule has 0 radical (unpaired) electrons. The van der Waals surface area contributed by atoms with Crippen LogP contribution in [0.5, 0.6) is 0 Å². The van der Waals surface area contributed by atoms with Crippen molar-refractivity contribution in [1.29, 1.82) is 0 Å². The van der Waals surface area contributed by atoms with Crippen molar-refractivity contribution >= 4 is 11.7 Å². The number of ether oxygens (including phenoxy) is 1. The van der Waals surface area contributed by atoms with Crippen LogP contribution in [0.15, 0.2) is 18.2 Å². The van der Waals surface area contributed by atoms with Crippen LogP contribution in [-0.2, 0) is 4.74 Å². The summed E-state index contributed by atoms with van der Waals surface area (Å²) in [6, 6.07) is 5.34. The molecule has 1 atom stereocenters. The number of aromatic carboxylic acids is 1. The number of anilines is 1. The van der Waals surface area contributed by atoms with Crippen LogP contribution in [0.25, 0.3) is 0 Å². The second-order valence-electron chi connectivity index (χ2n) is 5.18. The molecule has 1 heterocycles. The molecule has 0 aromatic heterocycles. The van der Waals surface area contributed by atoms with Crippen LogP contribution in [0.4, 0.5) is 5.69 Å². The lowest BCUT2D eigenvalue weighted by Crippen LogP contribution is -2.43.